The minimum absolute atomic E-state index is 0.843. The van der Waals surface area contributed by atoms with Crippen LogP contribution in [-0.2, 0) is 6.54 Å². The van der Waals surface area contributed by atoms with Crippen molar-refractivity contribution in [1.82, 2.24) is 20.0 Å². The molecule has 0 unspecified atom stereocenters. The molecule has 0 spiro atoms. The largest absolute Gasteiger partial charge is 0.317 e. The molecule has 2 heterocycles. The molecule has 1 aliphatic heterocycles. The summed E-state index contributed by atoms with van der Waals surface area (Å²) in [4.78, 5) is 2.55. The van der Waals surface area contributed by atoms with Crippen molar-refractivity contribution in [3.8, 4) is 5.69 Å². The van der Waals surface area contributed by atoms with Gasteiger partial charge in [0.1, 0.15) is 0 Å². The van der Waals surface area contributed by atoms with Crippen LogP contribution in [0.15, 0.2) is 42.6 Å². The summed E-state index contributed by atoms with van der Waals surface area (Å²) in [5.41, 5.74) is 2.42. The summed E-state index contributed by atoms with van der Waals surface area (Å²) in [5.74, 6) is 0.843. The minimum atomic E-state index is 0.843. The zero-order chi connectivity index (χ0) is 15.2. The molecule has 0 radical (unpaired) electrons. The van der Waals surface area contributed by atoms with Gasteiger partial charge in [-0.25, -0.2) is 4.68 Å². The third kappa shape index (κ3) is 3.76. The van der Waals surface area contributed by atoms with Gasteiger partial charge in [0.2, 0.25) is 0 Å². The summed E-state index contributed by atoms with van der Waals surface area (Å²) in [6.45, 7) is 7.80. The van der Waals surface area contributed by atoms with Crippen LogP contribution in [0.25, 0.3) is 5.69 Å². The maximum absolute atomic E-state index is 4.49. The first-order valence-electron chi connectivity index (χ1n) is 8.38. The van der Waals surface area contributed by atoms with Gasteiger partial charge in [0.15, 0.2) is 0 Å². The lowest BCUT2D eigenvalue weighted by molar-refractivity contribution is 0.173. The van der Waals surface area contributed by atoms with Gasteiger partial charge in [-0.3, -0.25) is 4.90 Å². The summed E-state index contributed by atoms with van der Waals surface area (Å²) in [5, 5.41) is 7.96. The average molecular weight is 298 g/mol. The molecular formula is C18H26N4. The first-order chi connectivity index (χ1) is 10.9. The zero-order valence-electron chi connectivity index (χ0n) is 13.4. The van der Waals surface area contributed by atoms with Crippen molar-refractivity contribution in [1.29, 1.82) is 0 Å². The van der Waals surface area contributed by atoms with Gasteiger partial charge in [-0.05, 0) is 63.1 Å². The maximum atomic E-state index is 4.49. The van der Waals surface area contributed by atoms with E-state index in [1.54, 1.807) is 0 Å². The van der Waals surface area contributed by atoms with Crippen molar-refractivity contribution in [2.24, 2.45) is 5.92 Å². The summed E-state index contributed by atoms with van der Waals surface area (Å²) < 4.78 is 2.06. The van der Waals surface area contributed by atoms with Crippen LogP contribution >= 0.6 is 0 Å². The average Bonchev–Trinajstić information content (AvgIpc) is 3.03. The van der Waals surface area contributed by atoms with Gasteiger partial charge >= 0.3 is 0 Å². The number of nitrogens with zero attached hydrogens (tertiary/aromatic N) is 3. The summed E-state index contributed by atoms with van der Waals surface area (Å²) in [6.07, 6.45) is 4.50. The SMILES string of the molecule is CCNCC1CCN(Cc2ccnn2-c2ccccc2)CC1. The number of hydrogen-bond donors (Lipinski definition) is 1. The third-order valence-electron chi connectivity index (χ3n) is 4.50. The number of hydrogen-bond acceptors (Lipinski definition) is 3. The van der Waals surface area contributed by atoms with Gasteiger partial charge in [-0.15, -0.1) is 0 Å². The lowest BCUT2D eigenvalue weighted by Crippen LogP contribution is -2.37. The molecule has 1 saturated heterocycles. The molecule has 0 aliphatic carbocycles. The van der Waals surface area contributed by atoms with Gasteiger partial charge in [0, 0.05) is 12.7 Å². The van der Waals surface area contributed by atoms with E-state index in [-0.39, 0.29) is 0 Å². The number of nitrogens with one attached hydrogen (secondary N) is 1. The van der Waals surface area contributed by atoms with Crippen LogP contribution in [0.1, 0.15) is 25.5 Å². The van der Waals surface area contributed by atoms with Crippen molar-refractivity contribution >= 4 is 0 Å². The Morgan fingerprint density at radius 3 is 2.64 bits per heavy atom. The Morgan fingerprint density at radius 2 is 1.91 bits per heavy atom. The van der Waals surface area contributed by atoms with Gasteiger partial charge in [-0.1, -0.05) is 25.1 Å². The summed E-state index contributed by atoms with van der Waals surface area (Å²) in [6, 6.07) is 12.5. The van der Waals surface area contributed by atoms with Gasteiger partial charge in [-0.2, -0.15) is 5.10 Å². The summed E-state index contributed by atoms with van der Waals surface area (Å²) in [7, 11) is 0. The molecular weight excluding hydrogens is 272 g/mol. The molecule has 1 fully saturated rings. The summed E-state index contributed by atoms with van der Waals surface area (Å²) >= 11 is 0. The minimum Gasteiger partial charge on any atom is -0.317 e. The van der Waals surface area contributed by atoms with E-state index in [1.165, 1.54) is 38.2 Å². The molecule has 1 aromatic carbocycles. The van der Waals surface area contributed by atoms with Crippen molar-refractivity contribution in [2.45, 2.75) is 26.3 Å². The second-order valence-corrected chi connectivity index (χ2v) is 6.10. The van der Waals surface area contributed by atoms with E-state index in [9.17, 15) is 0 Å². The highest BCUT2D eigenvalue weighted by atomic mass is 15.3. The molecule has 4 nitrogen and oxygen atoms in total. The van der Waals surface area contributed by atoms with Gasteiger partial charge < -0.3 is 5.32 Å². The Bertz CT molecular complexity index is 555. The Kier molecular flexibility index (Phi) is 5.24. The lowest BCUT2D eigenvalue weighted by Gasteiger charge is -2.32. The highest BCUT2D eigenvalue weighted by Crippen LogP contribution is 2.19. The van der Waals surface area contributed by atoms with Crippen LogP contribution in [0, 0.1) is 5.92 Å². The van der Waals surface area contributed by atoms with E-state index in [1.807, 2.05) is 12.3 Å². The predicted octanol–water partition coefficient (Wildman–Crippen LogP) is 2.69. The van der Waals surface area contributed by atoms with Crippen LogP contribution in [0.3, 0.4) is 0 Å². The second kappa shape index (κ2) is 7.56. The van der Waals surface area contributed by atoms with Crippen molar-refractivity contribution in [3.63, 3.8) is 0 Å². The van der Waals surface area contributed by atoms with Crippen LogP contribution in [0.5, 0.6) is 0 Å². The van der Waals surface area contributed by atoms with Crippen molar-refractivity contribution in [2.75, 3.05) is 26.2 Å². The number of piperidine rings is 1. The molecule has 1 N–H and O–H groups in total. The molecule has 1 aromatic heterocycles. The standard InChI is InChI=1S/C18H26N4/c1-2-19-14-16-9-12-21(13-10-16)15-18-8-11-20-22(18)17-6-4-3-5-7-17/h3-8,11,16,19H,2,9-10,12-15H2,1H3. The first-order valence-corrected chi connectivity index (χ1v) is 8.38. The van der Waals surface area contributed by atoms with Crippen LogP contribution in [-0.4, -0.2) is 40.9 Å². The molecule has 0 amide bonds. The second-order valence-electron chi connectivity index (χ2n) is 6.10. The fourth-order valence-corrected chi connectivity index (χ4v) is 3.18. The number of para-hydroxylation sites is 1. The monoisotopic (exact) mass is 298 g/mol. The van der Waals surface area contributed by atoms with Crippen molar-refractivity contribution < 1.29 is 0 Å². The molecule has 0 saturated carbocycles. The van der Waals surface area contributed by atoms with Crippen LogP contribution in [0.4, 0.5) is 0 Å². The Balaban J connectivity index is 1.58. The van der Waals surface area contributed by atoms with Crippen molar-refractivity contribution in [3.05, 3.63) is 48.3 Å². The van der Waals surface area contributed by atoms with E-state index < -0.39 is 0 Å². The van der Waals surface area contributed by atoms with E-state index in [0.717, 1.165) is 24.7 Å². The Labute approximate surface area is 133 Å². The van der Waals surface area contributed by atoms with E-state index >= 15 is 0 Å². The molecule has 4 heteroatoms. The molecule has 1 aliphatic rings. The quantitative estimate of drug-likeness (QED) is 0.890. The topological polar surface area (TPSA) is 33.1 Å². The Hall–Kier alpha value is -1.65. The number of aromatic nitrogens is 2. The highest BCUT2D eigenvalue weighted by molar-refractivity contribution is 5.32. The number of likely N-dealkylation sites (tertiary alicyclic amines) is 1. The molecule has 22 heavy (non-hydrogen) atoms. The zero-order valence-corrected chi connectivity index (χ0v) is 13.4. The molecule has 3 rings (SSSR count). The Morgan fingerprint density at radius 1 is 1.14 bits per heavy atom. The molecule has 0 bridgehead atoms. The van der Waals surface area contributed by atoms with E-state index in [0.29, 0.717) is 0 Å². The molecule has 2 aromatic rings. The lowest BCUT2D eigenvalue weighted by atomic mass is 9.96. The third-order valence-corrected chi connectivity index (χ3v) is 4.50. The fourth-order valence-electron chi connectivity index (χ4n) is 3.18. The van der Waals surface area contributed by atoms with Crippen LogP contribution in [0.2, 0.25) is 0 Å². The van der Waals surface area contributed by atoms with Gasteiger partial charge in [0.05, 0.1) is 11.4 Å². The van der Waals surface area contributed by atoms with E-state index in [4.69, 9.17) is 0 Å². The number of benzene rings is 1. The normalized spacial score (nSPS) is 17.0. The molecule has 0 atom stereocenters. The van der Waals surface area contributed by atoms with E-state index in [2.05, 4.69) is 57.3 Å². The first kappa shape index (κ1) is 15.3. The maximum Gasteiger partial charge on any atom is 0.0649 e. The van der Waals surface area contributed by atoms with Crippen LogP contribution < -0.4 is 5.32 Å². The highest BCUT2D eigenvalue weighted by Gasteiger charge is 2.19. The number of rotatable bonds is 6. The smallest absolute Gasteiger partial charge is 0.0649 e. The fraction of sp³-hybridized carbons (Fsp3) is 0.500. The van der Waals surface area contributed by atoms with Gasteiger partial charge in [0.25, 0.3) is 0 Å². The predicted molar refractivity (Wildman–Crippen MR) is 90.1 cm³/mol. The molecule has 118 valence electrons.